The Morgan fingerprint density at radius 3 is 2.31 bits per heavy atom. The third-order valence-electron chi connectivity index (χ3n) is 3.88. The summed E-state index contributed by atoms with van der Waals surface area (Å²) in [6.45, 7) is 5.87. The van der Waals surface area contributed by atoms with Crippen molar-refractivity contribution in [3.05, 3.63) is 72.2 Å². The number of carbonyl (C=O) groups is 1. The Hall–Kier alpha value is -3.26. The molecule has 3 aromatic rings. The number of hydrazine groups is 1. The maximum atomic E-state index is 13.3. The van der Waals surface area contributed by atoms with Crippen LogP contribution in [0.5, 0.6) is 0 Å². The summed E-state index contributed by atoms with van der Waals surface area (Å²) in [5.41, 5.74) is 7.23. The Balaban J connectivity index is 1.89. The van der Waals surface area contributed by atoms with E-state index in [0.717, 1.165) is 5.69 Å². The Kier molecular flexibility index (Phi) is 5.93. The fraction of sp³-hybridized carbons (Fsp3) is 0.190. The van der Waals surface area contributed by atoms with Gasteiger partial charge in [0.2, 0.25) is 0 Å². The van der Waals surface area contributed by atoms with Crippen LogP contribution in [0.2, 0.25) is 0 Å². The molecule has 1 heterocycles. The maximum Gasteiger partial charge on any atom is 0.273 e. The van der Waals surface area contributed by atoms with Crippen LogP contribution < -0.4 is 16.2 Å². The molecule has 0 aliphatic carbocycles. The molecule has 0 fully saturated rings. The molecular formula is C21H22FN5OS. The van der Waals surface area contributed by atoms with Crippen LogP contribution in [0, 0.1) is 5.82 Å². The van der Waals surface area contributed by atoms with E-state index >= 15 is 0 Å². The van der Waals surface area contributed by atoms with Gasteiger partial charge in [0.25, 0.3) is 5.91 Å². The molecule has 1 amide bonds. The lowest BCUT2D eigenvalue weighted by molar-refractivity contribution is 0.0944. The van der Waals surface area contributed by atoms with E-state index in [1.807, 2.05) is 51.1 Å². The molecule has 0 saturated heterocycles. The minimum absolute atomic E-state index is 0.244. The van der Waals surface area contributed by atoms with Gasteiger partial charge in [-0.25, -0.2) is 9.07 Å². The SMILES string of the molecule is CC(C)(C)NC(=S)NNC(=O)c1cn(-c2ccccc2)nc1-c1ccc(F)cc1. The third-order valence-corrected chi connectivity index (χ3v) is 4.08. The van der Waals surface area contributed by atoms with Gasteiger partial charge in [-0.3, -0.25) is 15.6 Å². The number of aromatic nitrogens is 2. The van der Waals surface area contributed by atoms with E-state index in [-0.39, 0.29) is 11.4 Å². The number of hydrogen-bond donors (Lipinski definition) is 3. The minimum atomic E-state index is -0.412. The van der Waals surface area contributed by atoms with E-state index in [4.69, 9.17) is 12.2 Å². The predicted octanol–water partition coefficient (Wildman–Crippen LogP) is 3.59. The largest absolute Gasteiger partial charge is 0.357 e. The molecule has 1 aromatic heterocycles. The lowest BCUT2D eigenvalue weighted by Crippen LogP contribution is -2.52. The van der Waals surface area contributed by atoms with Crippen molar-refractivity contribution in [2.24, 2.45) is 0 Å². The Bertz CT molecular complexity index is 1010. The van der Waals surface area contributed by atoms with Crippen LogP contribution in [-0.4, -0.2) is 26.3 Å². The van der Waals surface area contributed by atoms with Gasteiger partial charge in [0.05, 0.1) is 11.3 Å². The average Bonchev–Trinajstić information content (AvgIpc) is 3.11. The zero-order chi connectivity index (χ0) is 21.0. The first-order chi connectivity index (χ1) is 13.7. The molecule has 29 heavy (non-hydrogen) atoms. The van der Waals surface area contributed by atoms with E-state index in [1.165, 1.54) is 12.1 Å². The number of para-hydroxylation sites is 1. The van der Waals surface area contributed by atoms with Gasteiger partial charge in [-0.2, -0.15) is 5.10 Å². The summed E-state index contributed by atoms with van der Waals surface area (Å²) >= 11 is 5.19. The van der Waals surface area contributed by atoms with E-state index in [0.29, 0.717) is 21.9 Å². The van der Waals surface area contributed by atoms with E-state index in [1.54, 1.807) is 23.0 Å². The number of rotatable bonds is 3. The van der Waals surface area contributed by atoms with Crippen molar-refractivity contribution in [3.8, 4) is 16.9 Å². The summed E-state index contributed by atoms with van der Waals surface area (Å²) in [7, 11) is 0. The quantitative estimate of drug-likeness (QED) is 0.454. The first-order valence-electron chi connectivity index (χ1n) is 9.02. The van der Waals surface area contributed by atoms with Crippen molar-refractivity contribution in [2.75, 3.05) is 0 Å². The van der Waals surface area contributed by atoms with Crippen molar-refractivity contribution in [3.63, 3.8) is 0 Å². The summed E-state index contributed by atoms with van der Waals surface area (Å²) in [6.07, 6.45) is 1.63. The molecule has 0 spiro atoms. The number of benzene rings is 2. The molecule has 0 unspecified atom stereocenters. The topological polar surface area (TPSA) is 71.0 Å². The van der Waals surface area contributed by atoms with Crippen LogP contribution in [0.25, 0.3) is 16.9 Å². The van der Waals surface area contributed by atoms with Crippen LogP contribution in [0.1, 0.15) is 31.1 Å². The summed E-state index contributed by atoms with van der Waals surface area (Å²) in [4.78, 5) is 12.8. The number of nitrogens with zero attached hydrogens (tertiary/aromatic N) is 2. The fourth-order valence-corrected chi connectivity index (χ4v) is 2.98. The lowest BCUT2D eigenvalue weighted by atomic mass is 10.1. The minimum Gasteiger partial charge on any atom is -0.357 e. The smallest absolute Gasteiger partial charge is 0.273 e. The molecule has 150 valence electrons. The normalized spacial score (nSPS) is 11.0. The standard InChI is InChI=1S/C21H22FN5OS/c1-21(2,3)23-20(29)25-24-19(28)17-13-27(16-7-5-4-6-8-16)26-18(17)14-9-11-15(22)12-10-14/h4-13H,1-3H3,(H,24,28)(H2,23,25,29). The highest BCUT2D eigenvalue weighted by molar-refractivity contribution is 7.80. The monoisotopic (exact) mass is 411 g/mol. The number of carbonyl (C=O) groups excluding carboxylic acids is 1. The molecule has 2 aromatic carbocycles. The van der Waals surface area contributed by atoms with Gasteiger partial charge in [-0.1, -0.05) is 18.2 Å². The third kappa shape index (κ3) is 5.39. The molecule has 0 bridgehead atoms. The molecular weight excluding hydrogens is 389 g/mol. The number of amides is 1. The van der Waals surface area contributed by atoms with Crippen LogP contribution >= 0.6 is 12.2 Å². The van der Waals surface area contributed by atoms with Crippen molar-refractivity contribution < 1.29 is 9.18 Å². The van der Waals surface area contributed by atoms with Gasteiger partial charge in [0.1, 0.15) is 11.5 Å². The van der Waals surface area contributed by atoms with Crippen LogP contribution in [0.4, 0.5) is 4.39 Å². The molecule has 0 aliphatic heterocycles. The number of hydrogen-bond acceptors (Lipinski definition) is 3. The first kappa shape index (κ1) is 20.5. The average molecular weight is 412 g/mol. The Morgan fingerprint density at radius 2 is 1.69 bits per heavy atom. The van der Waals surface area contributed by atoms with Gasteiger partial charge in [-0.05, 0) is 69.4 Å². The molecule has 6 nitrogen and oxygen atoms in total. The summed E-state index contributed by atoms with van der Waals surface area (Å²) in [6, 6.07) is 15.3. The van der Waals surface area contributed by atoms with Gasteiger partial charge >= 0.3 is 0 Å². The molecule has 0 atom stereocenters. The van der Waals surface area contributed by atoms with Crippen LogP contribution in [0.15, 0.2) is 60.8 Å². The number of thiocarbonyl (C=S) groups is 1. The van der Waals surface area contributed by atoms with Crippen molar-refractivity contribution in [1.29, 1.82) is 0 Å². The zero-order valence-corrected chi connectivity index (χ0v) is 17.2. The number of halogens is 1. The highest BCUT2D eigenvalue weighted by atomic mass is 32.1. The van der Waals surface area contributed by atoms with Crippen molar-refractivity contribution in [1.82, 2.24) is 25.9 Å². The highest BCUT2D eigenvalue weighted by Gasteiger charge is 2.19. The van der Waals surface area contributed by atoms with Gasteiger partial charge in [0, 0.05) is 17.3 Å². The van der Waals surface area contributed by atoms with Crippen molar-refractivity contribution in [2.45, 2.75) is 26.3 Å². The van der Waals surface area contributed by atoms with E-state index in [9.17, 15) is 9.18 Å². The van der Waals surface area contributed by atoms with Crippen LogP contribution in [-0.2, 0) is 0 Å². The molecule has 0 radical (unpaired) electrons. The Labute approximate surface area is 174 Å². The molecule has 0 saturated carbocycles. The molecule has 3 rings (SSSR count). The summed E-state index contributed by atoms with van der Waals surface area (Å²) in [5.74, 6) is -0.771. The summed E-state index contributed by atoms with van der Waals surface area (Å²) < 4.78 is 15.0. The number of nitrogens with one attached hydrogen (secondary N) is 3. The Morgan fingerprint density at radius 1 is 1.03 bits per heavy atom. The molecule has 0 aliphatic rings. The zero-order valence-electron chi connectivity index (χ0n) is 16.4. The second-order valence-electron chi connectivity index (χ2n) is 7.46. The van der Waals surface area contributed by atoms with Gasteiger partial charge < -0.3 is 5.32 Å². The first-order valence-corrected chi connectivity index (χ1v) is 9.43. The van der Waals surface area contributed by atoms with E-state index in [2.05, 4.69) is 21.3 Å². The summed E-state index contributed by atoms with van der Waals surface area (Å²) in [5, 5.41) is 7.89. The molecule has 3 N–H and O–H groups in total. The van der Waals surface area contributed by atoms with Gasteiger partial charge in [-0.15, -0.1) is 0 Å². The predicted molar refractivity (Wildman–Crippen MR) is 115 cm³/mol. The second kappa shape index (κ2) is 8.40. The van der Waals surface area contributed by atoms with Crippen LogP contribution in [0.3, 0.4) is 0 Å². The second-order valence-corrected chi connectivity index (χ2v) is 7.87. The highest BCUT2D eigenvalue weighted by Crippen LogP contribution is 2.24. The lowest BCUT2D eigenvalue weighted by Gasteiger charge is -2.23. The van der Waals surface area contributed by atoms with Crippen molar-refractivity contribution >= 4 is 23.2 Å². The fourth-order valence-electron chi connectivity index (χ4n) is 2.63. The van der Waals surface area contributed by atoms with Gasteiger partial charge in [0.15, 0.2) is 5.11 Å². The molecule has 8 heteroatoms. The maximum absolute atomic E-state index is 13.3. The van der Waals surface area contributed by atoms with E-state index < -0.39 is 5.91 Å².